The molecule has 68 valence electrons. The van der Waals surface area contributed by atoms with Crippen molar-refractivity contribution in [3.63, 3.8) is 0 Å². The van der Waals surface area contributed by atoms with Crippen molar-refractivity contribution in [1.82, 2.24) is 9.78 Å². The number of aromatic nitrogens is 2. The van der Waals surface area contributed by atoms with Crippen LogP contribution in [0.15, 0.2) is 23.2 Å². The molecular weight excluding hydrogens is 189 g/mol. The fourth-order valence-electron chi connectivity index (χ4n) is 1.30. The summed E-state index contributed by atoms with van der Waals surface area (Å²) in [5, 5.41) is 4.99. The summed E-state index contributed by atoms with van der Waals surface area (Å²) < 4.78 is 14.1. The van der Waals surface area contributed by atoms with Gasteiger partial charge in [-0.05, 0) is 12.1 Å². The van der Waals surface area contributed by atoms with E-state index >= 15 is 0 Å². The monoisotopic (exact) mass is 197 g/mol. The zero-order valence-electron chi connectivity index (χ0n) is 6.99. The van der Waals surface area contributed by atoms with E-state index in [0.29, 0.717) is 16.1 Å². The summed E-state index contributed by atoms with van der Waals surface area (Å²) in [6.07, 6.45) is 1.81. The van der Waals surface area contributed by atoms with E-state index in [-0.39, 0.29) is 12.1 Å². The van der Waals surface area contributed by atoms with Gasteiger partial charge in [-0.3, -0.25) is 4.68 Å². The summed E-state index contributed by atoms with van der Waals surface area (Å²) in [4.78, 5) is 0.468. The summed E-state index contributed by atoms with van der Waals surface area (Å²) in [6.45, 7) is 0. The SMILES string of the molecule is Cn1cc2cc(N)cc(SF)c2n1. The summed E-state index contributed by atoms with van der Waals surface area (Å²) in [6, 6.07) is 3.36. The number of nitrogens with two attached hydrogens (primary N) is 1. The molecule has 3 nitrogen and oxygen atoms in total. The van der Waals surface area contributed by atoms with Gasteiger partial charge in [0.15, 0.2) is 0 Å². The number of hydrogen-bond acceptors (Lipinski definition) is 3. The molecule has 0 aliphatic carbocycles. The van der Waals surface area contributed by atoms with Crippen LogP contribution in [0.1, 0.15) is 0 Å². The molecule has 1 heterocycles. The van der Waals surface area contributed by atoms with E-state index in [1.807, 2.05) is 6.20 Å². The van der Waals surface area contributed by atoms with Crippen LogP contribution in [0.3, 0.4) is 0 Å². The molecule has 0 saturated carbocycles. The van der Waals surface area contributed by atoms with Crippen LogP contribution in [0.2, 0.25) is 0 Å². The molecule has 0 fully saturated rings. The molecule has 0 aliphatic rings. The Bertz CT molecular complexity index is 452. The Morgan fingerprint density at radius 3 is 3.00 bits per heavy atom. The predicted molar refractivity (Wildman–Crippen MR) is 52.1 cm³/mol. The van der Waals surface area contributed by atoms with Crippen LogP contribution in [-0.4, -0.2) is 9.78 Å². The molecular formula is C8H8FN3S. The van der Waals surface area contributed by atoms with Gasteiger partial charge < -0.3 is 5.73 Å². The van der Waals surface area contributed by atoms with Gasteiger partial charge >= 0.3 is 0 Å². The van der Waals surface area contributed by atoms with Gasteiger partial charge in [0.25, 0.3) is 0 Å². The molecule has 0 radical (unpaired) electrons. The highest BCUT2D eigenvalue weighted by Gasteiger charge is 2.06. The standard InChI is InChI=1S/C8H8FN3S/c1-12-4-5-2-6(10)3-7(13-9)8(5)11-12/h2-4H,10H2,1H3. The molecule has 0 aliphatic heterocycles. The number of fused-ring (bicyclic) bond motifs is 1. The third-order valence-electron chi connectivity index (χ3n) is 1.79. The minimum Gasteiger partial charge on any atom is -0.399 e. The van der Waals surface area contributed by atoms with Gasteiger partial charge in [-0.25, -0.2) is 0 Å². The number of aryl methyl sites for hydroxylation is 1. The van der Waals surface area contributed by atoms with Crippen molar-refractivity contribution in [3.05, 3.63) is 18.3 Å². The van der Waals surface area contributed by atoms with Crippen LogP contribution in [0, 0.1) is 0 Å². The summed E-state index contributed by atoms with van der Waals surface area (Å²) in [7, 11) is 1.79. The molecule has 2 aromatic rings. The Kier molecular flexibility index (Phi) is 1.88. The fraction of sp³-hybridized carbons (Fsp3) is 0.125. The molecule has 2 N–H and O–H groups in total. The molecule has 0 amide bonds. The van der Waals surface area contributed by atoms with Crippen molar-refractivity contribution >= 4 is 28.7 Å². The van der Waals surface area contributed by atoms with Crippen LogP contribution in [0.25, 0.3) is 10.9 Å². The lowest BCUT2D eigenvalue weighted by Crippen LogP contribution is -1.86. The maximum atomic E-state index is 12.5. The normalized spacial score (nSPS) is 10.9. The van der Waals surface area contributed by atoms with Crippen molar-refractivity contribution < 1.29 is 3.89 Å². The van der Waals surface area contributed by atoms with E-state index < -0.39 is 0 Å². The minimum atomic E-state index is 0.170. The molecule has 1 aromatic carbocycles. The summed E-state index contributed by atoms with van der Waals surface area (Å²) in [5.74, 6) is 0. The Hall–Kier alpha value is -1.23. The highest BCUT2D eigenvalue weighted by molar-refractivity contribution is 7.94. The molecule has 0 atom stereocenters. The van der Waals surface area contributed by atoms with Gasteiger partial charge in [0.2, 0.25) is 0 Å². The lowest BCUT2D eigenvalue weighted by Gasteiger charge is -1.96. The van der Waals surface area contributed by atoms with E-state index in [4.69, 9.17) is 5.73 Å². The summed E-state index contributed by atoms with van der Waals surface area (Å²) in [5.41, 5.74) is 6.81. The quantitative estimate of drug-likeness (QED) is 0.712. The second kappa shape index (κ2) is 2.92. The number of hydrogen-bond donors (Lipinski definition) is 1. The van der Waals surface area contributed by atoms with Gasteiger partial charge in [0.1, 0.15) is 5.52 Å². The Labute approximate surface area is 79.0 Å². The lowest BCUT2D eigenvalue weighted by molar-refractivity contribution is 0.777. The molecule has 0 spiro atoms. The number of nitrogens with zero attached hydrogens (tertiary/aromatic N) is 2. The van der Waals surface area contributed by atoms with Crippen molar-refractivity contribution in [1.29, 1.82) is 0 Å². The van der Waals surface area contributed by atoms with Crippen molar-refractivity contribution in [2.75, 3.05) is 5.73 Å². The molecule has 5 heteroatoms. The van der Waals surface area contributed by atoms with Crippen molar-refractivity contribution in [3.8, 4) is 0 Å². The highest BCUT2D eigenvalue weighted by Crippen LogP contribution is 2.29. The van der Waals surface area contributed by atoms with Crippen LogP contribution in [0.4, 0.5) is 9.57 Å². The van der Waals surface area contributed by atoms with Crippen LogP contribution < -0.4 is 5.73 Å². The van der Waals surface area contributed by atoms with E-state index in [1.165, 1.54) is 0 Å². The maximum absolute atomic E-state index is 12.5. The topological polar surface area (TPSA) is 43.8 Å². The number of benzene rings is 1. The number of nitrogen functional groups attached to an aromatic ring is 1. The van der Waals surface area contributed by atoms with Gasteiger partial charge in [-0.2, -0.15) is 8.98 Å². The van der Waals surface area contributed by atoms with Gasteiger partial charge in [-0.15, -0.1) is 0 Å². The second-order valence-electron chi connectivity index (χ2n) is 2.84. The van der Waals surface area contributed by atoms with E-state index in [1.54, 1.807) is 23.9 Å². The molecule has 0 unspecified atom stereocenters. The average Bonchev–Trinajstić information content (AvgIpc) is 2.43. The van der Waals surface area contributed by atoms with E-state index in [9.17, 15) is 3.89 Å². The van der Waals surface area contributed by atoms with Crippen molar-refractivity contribution in [2.45, 2.75) is 4.90 Å². The predicted octanol–water partition coefficient (Wildman–Crippen LogP) is 2.13. The fourth-order valence-corrected chi connectivity index (χ4v) is 1.72. The Balaban J connectivity index is 2.80. The van der Waals surface area contributed by atoms with E-state index in [0.717, 1.165) is 5.39 Å². The molecule has 1 aromatic heterocycles. The maximum Gasteiger partial charge on any atom is 0.109 e. The molecule has 0 bridgehead atoms. The van der Waals surface area contributed by atoms with Gasteiger partial charge in [0.05, 0.1) is 17.0 Å². The Morgan fingerprint density at radius 1 is 1.54 bits per heavy atom. The van der Waals surface area contributed by atoms with E-state index in [2.05, 4.69) is 5.10 Å². The first-order chi connectivity index (χ1) is 6.20. The first kappa shape index (κ1) is 8.37. The van der Waals surface area contributed by atoms with Crippen LogP contribution in [-0.2, 0) is 7.05 Å². The number of halogens is 1. The van der Waals surface area contributed by atoms with Crippen LogP contribution >= 0.6 is 12.1 Å². The van der Waals surface area contributed by atoms with Gasteiger partial charge in [0, 0.05) is 24.3 Å². The molecule has 13 heavy (non-hydrogen) atoms. The smallest absolute Gasteiger partial charge is 0.109 e. The number of rotatable bonds is 1. The van der Waals surface area contributed by atoms with Crippen LogP contribution in [0.5, 0.6) is 0 Å². The van der Waals surface area contributed by atoms with Crippen molar-refractivity contribution in [2.24, 2.45) is 7.05 Å². The first-order valence-electron chi connectivity index (χ1n) is 3.72. The third kappa shape index (κ3) is 1.35. The molecule has 0 saturated heterocycles. The van der Waals surface area contributed by atoms with Gasteiger partial charge in [-0.1, -0.05) is 0 Å². The zero-order chi connectivity index (χ0) is 9.42. The molecule has 2 rings (SSSR count). The number of anilines is 1. The highest BCUT2D eigenvalue weighted by atomic mass is 32.2. The lowest BCUT2D eigenvalue weighted by atomic mass is 10.2. The Morgan fingerprint density at radius 2 is 2.31 bits per heavy atom. The second-order valence-corrected chi connectivity index (χ2v) is 3.43. The summed E-state index contributed by atoms with van der Waals surface area (Å²) >= 11 is 0.170. The first-order valence-corrected chi connectivity index (χ1v) is 4.44. The third-order valence-corrected chi connectivity index (χ3v) is 2.27. The zero-order valence-corrected chi connectivity index (χ0v) is 7.81. The average molecular weight is 197 g/mol. The largest absolute Gasteiger partial charge is 0.399 e. The minimum absolute atomic E-state index is 0.170.